The lowest BCUT2D eigenvalue weighted by atomic mass is 10.1. The molecule has 0 saturated carbocycles. The van der Waals surface area contributed by atoms with Crippen molar-refractivity contribution in [2.45, 2.75) is 45.1 Å². The molecule has 1 atom stereocenters. The molecule has 0 spiro atoms. The van der Waals surface area contributed by atoms with Gasteiger partial charge >= 0.3 is 11.8 Å². The first kappa shape index (κ1) is 16.5. The van der Waals surface area contributed by atoms with E-state index < -0.39 is 11.8 Å². The second-order valence-electron chi connectivity index (χ2n) is 5.60. The van der Waals surface area contributed by atoms with Gasteiger partial charge in [-0.15, -0.1) is 0 Å². The number of ether oxygens (including phenoxy) is 1. The quantitative estimate of drug-likeness (QED) is 0.792. The van der Waals surface area contributed by atoms with Crippen LogP contribution in [-0.4, -0.2) is 31.1 Å². The van der Waals surface area contributed by atoms with Crippen LogP contribution in [0.25, 0.3) is 0 Å². The first-order valence-corrected chi connectivity index (χ1v) is 7.98. The molecule has 2 rings (SSSR count). The fourth-order valence-electron chi connectivity index (χ4n) is 2.42. The van der Waals surface area contributed by atoms with Crippen molar-refractivity contribution < 1.29 is 14.3 Å². The molecule has 1 aliphatic heterocycles. The lowest BCUT2D eigenvalue weighted by Gasteiger charge is -2.11. The van der Waals surface area contributed by atoms with Crippen LogP contribution in [-0.2, 0) is 20.7 Å². The molecule has 1 aromatic rings. The van der Waals surface area contributed by atoms with Crippen LogP contribution in [0.15, 0.2) is 24.3 Å². The highest BCUT2D eigenvalue weighted by molar-refractivity contribution is 6.39. The van der Waals surface area contributed by atoms with Crippen LogP contribution in [0.4, 0.5) is 5.69 Å². The van der Waals surface area contributed by atoms with Crippen LogP contribution < -0.4 is 10.6 Å². The van der Waals surface area contributed by atoms with Crippen molar-refractivity contribution in [1.29, 1.82) is 0 Å². The standard InChI is InChI=1S/C17H24N2O3/c1-2-3-5-13-7-9-14(10-8-13)19-17(21)16(20)18-12-15-6-4-11-22-15/h7-10,15H,2-6,11-12H2,1H3,(H,18,20)(H,19,21). The van der Waals surface area contributed by atoms with Gasteiger partial charge in [-0.2, -0.15) is 0 Å². The van der Waals surface area contributed by atoms with Crippen molar-refractivity contribution >= 4 is 17.5 Å². The molecule has 1 fully saturated rings. The summed E-state index contributed by atoms with van der Waals surface area (Å²) in [5, 5.41) is 5.22. The largest absolute Gasteiger partial charge is 0.376 e. The number of hydrogen-bond acceptors (Lipinski definition) is 3. The normalized spacial score (nSPS) is 17.2. The van der Waals surface area contributed by atoms with Crippen LogP contribution >= 0.6 is 0 Å². The Kier molecular flexibility index (Phi) is 6.40. The third-order valence-corrected chi connectivity index (χ3v) is 3.75. The minimum Gasteiger partial charge on any atom is -0.376 e. The summed E-state index contributed by atoms with van der Waals surface area (Å²) in [6.07, 6.45) is 5.32. The van der Waals surface area contributed by atoms with Crippen LogP contribution in [0.5, 0.6) is 0 Å². The SMILES string of the molecule is CCCCc1ccc(NC(=O)C(=O)NCC2CCCO2)cc1. The zero-order valence-corrected chi connectivity index (χ0v) is 13.1. The van der Waals surface area contributed by atoms with Gasteiger partial charge in [-0.05, 0) is 43.4 Å². The van der Waals surface area contributed by atoms with E-state index >= 15 is 0 Å². The topological polar surface area (TPSA) is 67.4 Å². The number of hydrogen-bond donors (Lipinski definition) is 2. The second-order valence-corrected chi connectivity index (χ2v) is 5.60. The second kappa shape index (κ2) is 8.54. The smallest absolute Gasteiger partial charge is 0.313 e. The Balaban J connectivity index is 1.76. The van der Waals surface area contributed by atoms with Crippen molar-refractivity contribution in [3.05, 3.63) is 29.8 Å². The first-order chi connectivity index (χ1) is 10.7. The zero-order valence-electron chi connectivity index (χ0n) is 13.1. The monoisotopic (exact) mass is 304 g/mol. The molecule has 1 unspecified atom stereocenters. The molecule has 1 aromatic carbocycles. The highest BCUT2D eigenvalue weighted by Gasteiger charge is 2.19. The Hall–Kier alpha value is -1.88. The molecule has 0 bridgehead atoms. The van der Waals surface area contributed by atoms with E-state index in [1.165, 1.54) is 5.56 Å². The summed E-state index contributed by atoms with van der Waals surface area (Å²) in [6, 6.07) is 7.62. The Bertz CT molecular complexity index is 493. The molecule has 120 valence electrons. The molecule has 5 heteroatoms. The van der Waals surface area contributed by atoms with Gasteiger partial charge in [-0.1, -0.05) is 25.5 Å². The molecule has 1 aliphatic rings. The number of amides is 2. The third-order valence-electron chi connectivity index (χ3n) is 3.75. The zero-order chi connectivity index (χ0) is 15.8. The number of nitrogens with one attached hydrogen (secondary N) is 2. The maximum atomic E-state index is 11.8. The fraction of sp³-hybridized carbons (Fsp3) is 0.529. The van der Waals surface area contributed by atoms with Crippen molar-refractivity contribution in [3.63, 3.8) is 0 Å². The molecule has 1 saturated heterocycles. The average molecular weight is 304 g/mol. The van der Waals surface area contributed by atoms with Crippen LogP contribution in [0.1, 0.15) is 38.2 Å². The van der Waals surface area contributed by atoms with Crippen LogP contribution in [0.2, 0.25) is 0 Å². The van der Waals surface area contributed by atoms with E-state index in [4.69, 9.17) is 4.74 Å². The summed E-state index contributed by atoms with van der Waals surface area (Å²) in [5.41, 5.74) is 1.88. The van der Waals surface area contributed by atoms with Crippen LogP contribution in [0.3, 0.4) is 0 Å². The Morgan fingerprint density at radius 3 is 2.64 bits per heavy atom. The van der Waals surface area contributed by atoms with E-state index in [0.717, 1.165) is 38.7 Å². The number of carbonyl (C=O) groups excluding carboxylic acids is 2. The fourth-order valence-corrected chi connectivity index (χ4v) is 2.42. The molecule has 0 aromatic heterocycles. The van der Waals surface area contributed by atoms with Gasteiger partial charge in [0, 0.05) is 18.8 Å². The van der Waals surface area contributed by atoms with Crippen LogP contribution in [0, 0.1) is 0 Å². The number of unbranched alkanes of at least 4 members (excludes halogenated alkanes) is 1. The van der Waals surface area contributed by atoms with E-state index in [1.54, 1.807) is 0 Å². The average Bonchev–Trinajstić information content (AvgIpc) is 3.05. The van der Waals surface area contributed by atoms with Crippen molar-refractivity contribution in [3.8, 4) is 0 Å². The molecular formula is C17H24N2O3. The summed E-state index contributed by atoms with van der Waals surface area (Å²) < 4.78 is 5.40. The highest BCUT2D eigenvalue weighted by atomic mass is 16.5. The Morgan fingerprint density at radius 2 is 2.00 bits per heavy atom. The molecule has 1 heterocycles. The Morgan fingerprint density at radius 1 is 1.23 bits per heavy atom. The number of anilines is 1. The molecule has 2 amide bonds. The lowest BCUT2D eigenvalue weighted by molar-refractivity contribution is -0.136. The van der Waals surface area contributed by atoms with Gasteiger partial charge in [0.2, 0.25) is 0 Å². The maximum absolute atomic E-state index is 11.8. The van der Waals surface area contributed by atoms with Crippen molar-refractivity contribution in [2.75, 3.05) is 18.5 Å². The highest BCUT2D eigenvalue weighted by Crippen LogP contribution is 2.12. The predicted molar refractivity (Wildman–Crippen MR) is 85.7 cm³/mol. The van der Waals surface area contributed by atoms with E-state index in [0.29, 0.717) is 12.2 Å². The number of rotatable bonds is 6. The summed E-state index contributed by atoms with van der Waals surface area (Å²) in [6.45, 7) is 3.28. The van der Waals surface area contributed by atoms with Crippen molar-refractivity contribution in [2.24, 2.45) is 0 Å². The van der Waals surface area contributed by atoms with Gasteiger partial charge in [-0.3, -0.25) is 9.59 Å². The van der Waals surface area contributed by atoms with Gasteiger partial charge < -0.3 is 15.4 Å². The van der Waals surface area contributed by atoms with E-state index in [-0.39, 0.29) is 6.10 Å². The molecular weight excluding hydrogens is 280 g/mol. The van der Waals surface area contributed by atoms with Gasteiger partial charge in [0.05, 0.1) is 6.10 Å². The number of carbonyl (C=O) groups is 2. The summed E-state index contributed by atoms with van der Waals surface area (Å²) >= 11 is 0. The third kappa shape index (κ3) is 5.15. The molecule has 22 heavy (non-hydrogen) atoms. The maximum Gasteiger partial charge on any atom is 0.313 e. The number of benzene rings is 1. The first-order valence-electron chi connectivity index (χ1n) is 7.98. The summed E-state index contributed by atoms with van der Waals surface area (Å²) in [4.78, 5) is 23.5. The van der Waals surface area contributed by atoms with Gasteiger partial charge in [0.1, 0.15) is 0 Å². The minimum atomic E-state index is -0.640. The molecule has 0 radical (unpaired) electrons. The van der Waals surface area contributed by atoms with E-state index in [9.17, 15) is 9.59 Å². The Labute approximate surface area is 131 Å². The summed E-state index contributed by atoms with van der Waals surface area (Å²) in [7, 11) is 0. The van der Waals surface area contributed by atoms with Gasteiger partial charge in [-0.25, -0.2) is 0 Å². The predicted octanol–water partition coefficient (Wildman–Crippen LogP) is 2.26. The molecule has 0 aliphatic carbocycles. The lowest BCUT2D eigenvalue weighted by Crippen LogP contribution is -2.39. The van der Waals surface area contributed by atoms with Crippen molar-refractivity contribution in [1.82, 2.24) is 5.32 Å². The van der Waals surface area contributed by atoms with E-state index in [2.05, 4.69) is 17.6 Å². The van der Waals surface area contributed by atoms with Gasteiger partial charge in [0.15, 0.2) is 0 Å². The molecule has 5 nitrogen and oxygen atoms in total. The molecule has 2 N–H and O–H groups in total. The van der Waals surface area contributed by atoms with Gasteiger partial charge in [0.25, 0.3) is 0 Å². The minimum absolute atomic E-state index is 0.0367. The van der Waals surface area contributed by atoms with E-state index in [1.807, 2.05) is 24.3 Å². The number of aryl methyl sites for hydroxylation is 1. The summed E-state index contributed by atoms with van der Waals surface area (Å²) in [5.74, 6) is -1.26.